The molecule has 2 aliphatic heterocycles. The summed E-state index contributed by atoms with van der Waals surface area (Å²) >= 11 is 0. The van der Waals surface area contributed by atoms with Gasteiger partial charge in [-0.2, -0.15) is 0 Å². The highest BCUT2D eigenvalue weighted by molar-refractivity contribution is 5.75. The van der Waals surface area contributed by atoms with Crippen LogP contribution in [-0.4, -0.2) is 113 Å². The van der Waals surface area contributed by atoms with E-state index in [9.17, 15) is 4.79 Å². The Kier molecular flexibility index (Phi) is 11.9. The number of amides is 1. The predicted octanol–water partition coefficient (Wildman–Crippen LogP) is 3.33. The number of carbonyl (C=O) groups excluding carboxylic acids is 1. The number of ether oxygens (including phenoxy) is 4. The molecular weight excluding hydrogens is 520 g/mol. The van der Waals surface area contributed by atoms with Crippen LogP contribution in [0.15, 0.2) is 42.6 Å². The number of rotatable bonds is 14. The molecule has 1 aromatic carbocycles. The van der Waals surface area contributed by atoms with E-state index in [4.69, 9.17) is 18.9 Å². The minimum atomic E-state index is -0.412. The summed E-state index contributed by atoms with van der Waals surface area (Å²) in [5, 5.41) is 0. The molecular formula is C32H48N4O5. The number of piperidine rings is 1. The van der Waals surface area contributed by atoms with Crippen LogP contribution in [0.2, 0.25) is 0 Å². The lowest BCUT2D eigenvalue weighted by Gasteiger charge is -2.47. The van der Waals surface area contributed by atoms with Crippen LogP contribution in [0.3, 0.4) is 0 Å². The van der Waals surface area contributed by atoms with Gasteiger partial charge in [-0.3, -0.25) is 4.79 Å². The Morgan fingerprint density at radius 3 is 2.39 bits per heavy atom. The Balaban J connectivity index is 1.10. The molecule has 9 heteroatoms. The molecule has 2 aliphatic rings. The van der Waals surface area contributed by atoms with Gasteiger partial charge in [0.1, 0.15) is 5.82 Å². The Bertz CT molecular complexity index is 1050. The number of carbonyl (C=O) groups is 1. The summed E-state index contributed by atoms with van der Waals surface area (Å²) in [6.45, 7) is 9.31. The third-order valence-corrected chi connectivity index (χ3v) is 8.34. The molecule has 4 rings (SSSR count). The van der Waals surface area contributed by atoms with Crippen LogP contribution in [0.1, 0.15) is 36.0 Å². The number of benzene rings is 1. The van der Waals surface area contributed by atoms with Crippen molar-refractivity contribution in [3.8, 4) is 0 Å². The van der Waals surface area contributed by atoms with Crippen LogP contribution in [0, 0.1) is 6.92 Å². The van der Waals surface area contributed by atoms with E-state index in [2.05, 4.69) is 58.1 Å². The van der Waals surface area contributed by atoms with E-state index >= 15 is 0 Å². The molecule has 1 aromatic heterocycles. The summed E-state index contributed by atoms with van der Waals surface area (Å²) in [5.41, 5.74) is 3.76. The minimum absolute atomic E-state index is 0.0186. The fourth-order valence-corrected chi connectivity index (χ4v) is 5.55. The topological polar surface area (TPSA) is 76.6 Å². The Hall–Kier alpha value is -2.56. The summed E-state index contributed by atoms with van der Waals surface area (Å²) in [5.74, 6) is 1.08. The summed E-state index contributed by atoms with van der Waals surface area (Å²) in [7, 11) is 4.88. The second kappa shape index (κ2) is 15.6. The van der Waals surface area contributed by atoms with Crippen molar-refractivity contribution in [3.05, 3.63) is 59.3 Å². The van der Waals surface area contributed by atoms with Crippen molar-refractivity contribution in [2.24, 2.45) is 0 Å². The zero-order valence-corrected chi connectivity index (χ0v) is 25.3. The lowest BCUT2D eigenvalue weighted by atomic mass is 9.89. The molecule has 0 bridgehead atoms. The Morgan fingerprint density at radius 1 is 1.02 bits per heavy atom. The number of hydrogen-bond donors (Lipinski definition) is 0. The molecule has 3 heterocycles. The van der Waals surface area contributed by atoms with Gasteiger partial charge in [-0.15, -0.1) is 0 Å². The van der Waals surface area contributed by atoms with Crippen molar-refractivity contribution >= 4 is 11.7 Å². The Morgan fingerprint density at radius 2 is 1.73 bits per heavy atom. The number of pyridine rings is 1. The molecule has 2 aromatic rings. The van der Waals surface area contributed by atoms with Crippen LogP contribution in [0.4, 0.5) is 5.82 Å². The average Bonchev–Trinajstić information content (AvgIpc) is 3.00. The predicted molar refractivity (Wildman–Crippen MR) is 160 cm³/mol. The fraction of sp³-hybridized carbons (Fsp3) is 0.625. The van der Waals surface area contributed by atoms with Crippen molar-refractivity contribution in [2.75, 3.05) is 85.3 Å². The number of aromatic nitrogens is 1. The molecule has 2 saturated heterocycles. The maximum atomic E-state index is 12.2. The Labute approximate surface area is 245 Å². The van der Waals surface area contributed by atoms with Crippen molar-refractivity contribution < 1.29 is 23.7 Å². The summed E-state index contributed by atoms with van der Waals surface area (Å²) in [6, 6.07) is 13.1. The molecule has 0 unspecified atom stereocenters. The standard InChI is InChI=1S/C32H48N4O5/c1-26-5-10-29(33-23-26)36-19-22-41-32(25-36)14-17-35(18-15-32)16-11-27-6-8-28(9-7-27)12-20-40-21-13-30(37)34(2)24-31(38-3)39-4/h5-10,23,31H,11-22,24-25H2,1-4H3. The van der Waals surface area contributed by atoms with E-state index in [1.54, 1.807) is 26.2 Å². The first-order chi connectivity index (χ1) is 19.9. The minimum Gasteiger partial charge on any atom is -0.381 e. The summed E-state index contributed by atoms with van der Waals surface area (Å²) in [6.07, 6.45) is 5.91. The SMILES string of the molecule is COC(CN(C)C(=O)CCOCCc1ccc(CCN2CCC3(CC2)CN(c2ccc(C)cn2)CCO3)cc1)OC. The zero-order chi connectivity index (χ0) is 29.1. The van der Waals surface area contributed by atoms with Crippen LogP contribution in [-0.2, 0) is 36.6 Å². The molecule has 2 fully saturated rings. The number of aryl methyl sites for hydroxylation is 1. The van der Waals surface area contributed by atoms with E-state index in [0.717, 1.165) is 70.8 Å². The van der Waals surface area contributed by atoms with Crippen LogP contribution in [0.25, 0.3) is 0 Å². The molecule has 0 aliphatic carbocycles. The van der Waals surface area contributed by atoms with E-state index in [1.807, 2.05) is 6.20 Å². The third kappa shape index (κ3) is 9.48. The van der Waals surface area contributed by atoms with Gasteiger partial charge in [0.05, 0.1) is 38.4 Å². The van der Waals surface area contributed by atoms with Crippen molar-refractivity contribution in [3.63, 3.8) is 0 Å². The number of likely N-dealkylation sites (N-methyl/N-ethyl adjacent to an activating group) is 1. The van der Waals surface area contributed by atoms with Gasteiger partial charge in [-0.1, -0.05) is 30.3 Å². The van der Waals surface area contributed by atoms with Crippen LogP contribution < -0.4 is 4.90 Å². The number of nitrogens with zero attached hydrogens (tertiary/aromatic N) is 4. The van der Waals surface area contributed by atoms with Gasteiger partial charge in [-0.25, -0.2) is 4.98 Å². The summed E-state index contributed by atoms with van der Waals surface area (Å²) < 4.78 is 22.4. The quantitative estimate of drug-likeness (QED) is 0.254. The molecule has 9 nitrogen and oxygen atoms in total. The highest BCUT2D eigenvalue weighted by atomic mass is 16.7. The van der Waals surface area contributed by atoms with Gasteiger partial charge in [0.15, 0.2) is 6.29 Å². The van der Waals surface area contributed by atoms with Crippen LogP contribution >= 0.6 is 0 Å². The normalized spacial score (nSPS) is 17.3. The fourth-order valence-electron chi connectivity index (χ4n) is 5.55. The number of hydrogen-bond acceptors (Lipinski definition) is 8. The highest BCUT2D eigenvalue weighted by Gasteiger charge is 2.40. The second-order valence-corrected chi connectivity index (χ2v) is 11.3. The smallest absolute Gasteiger partial charge is 0.224 e. The summed E-state index contributed by atoms with van der Waals surface area (Å²) in [4.78, 5) is 23.5. The first-order valence-corrected chi connectivity index (χ1v) is 14.9. The zero-order valence-electron chi connectivity index (χ0n) is 25.3. The molecule has 0 radical (unpaired) electrons. The maximum Gasteiger partial charge on any atom is 0.224 e. The molecule has 0 saturated carbocycles. The average molecular weight is 569 g/mol. The number of likely N-dealkylation sites (tertiary alicyclic amines) is 1. The maximum absolute atomic E-state index is 12.2. The monoisotopic (exact) mass is 568 g/mol. The number of morpholine rings is 1. The lowest BCUT2D eigenvalue weighted by Crippen LogP contribution is -2.57. The van der Waals surface area contributed by atoms with Gasteiger partial charge in [-0.05, 0) is 55.4 Å². The number of methoxy groups -OCH3 is 2. The molecule has 0 atom stereocenters. The molecule has 1 amide bonds. The van der Waals surface area contributed by atoms with Crippen molar-refractivity contribution in [2.45, 2.75) is 50.9 Å². The largest absolute Gasteiger partial charge is 0.381 e. The van der Waals surface area contributed by atoms with Crippen molar-refractivity contribution in [1.29, 1.82) is 0 Å². The highest BCUT2D eigenvalue weighted by Crippen LogP contribution is 2.32. The lowest BCUT2D eigenvalue weighted by molar-refractivity contribution is -0.143. The molecule has 226 valence electrons. The van der Waals surface area contributed by atoms with Crippen molar-refractivity contribution in [1.82, 2.24) is 14.8 Å². The van der Waals surface area contributed by atoms with E-state index < -0.39 is 6.29 Å². The van der Waals surface area contributed by atoms with Gasteiger partial charge in [0.2, 0.25) is 5.91 Å². The first kappa shape index (κ1) is 31.4. The van der Waals surface area contributed by atoms with Gasteiger partial charge < -0.3 is 33.6 Å². The molecule has 1 spiro atoms. The van der Waals surface area contributed by atoms with Gasteiger partial charge in [0, 0.05) is 60.2 Å². The van der Waals surface area contributed by atoms with E-state index in [1.165, 1.54) is 16.7 Å². The number of anilines is 1. The van der Waals surface area contributed by atoms with E-state index in [0.29, 0.717) is 26.2 Å². The van der Waals surface area contributed by atoms with Crippen LogP contribution in [0.5, 0.6) is 0 Å². The van der Waals surface area contributed by atoms with Gasteiger partial charge in [0.25, 0.3) is 0 Å². The van der Waals surface area contributed by atoms with Gasteiger partial charge >= 0.3 is 0 Å². The molecule has 41 heavy (non-hydrogen) atoms. The second-order valence-electron chi connectivity index (χ2n) is 11.3. The molecule has 0 N–H and O–H groups in total. The van der Waals surface area contributed by atoms with E-state index in [-0.39, 0.29) is 11.5 Å². The first-order valence-electron chi connectivity index (χ1n) is 14.9. The third-order valence-electron chi connectivity index (χ3n) is 8.34.